The van der Waals surface area contributed by atoms with Gasteiger partial charge in [0.1, 0.15) is 6.54 Å². The van der Waals surface area contributed by atoms with Gasteiger partial charge in [0.15, 0.2) is 11.5 Å². The van der Waals surface area contributed by atoms with Crippen LogP contribution < -0.4 is 14.4 Å². The summed E-state index contributed by atoms with van der Waals surface area (Å²) in [6.45, 7) is 2.37. The van der Waals surface area contributed by atoms with Gasteiger partial charge < -0.3 is 14.4 Å². The maximum absolute atomic E-state index is 5.41. The fraction of sp³-hybridized carbons (Fsp3) is 0.312. The molecule has 0 fully saturated rings. The van der Waals surface area contributed by atoms with Crippen LogP contribution in [0.4, 0.5) is 0 Å². The zero-order valence-electron chi connectivity index (χ0n) is 11.6. The Balaban J connectivity index is 1.55. The number of hydrogen-bond acceptors (Lipinski definition) is 3. The van der Waals surface area contributed by atoms with Gasteiger partial charge in [-0.25, -0.2) is 0 Å². The fourth-order valence-corrected chi connectivity index (χ4v) is 2.38. The lowest BCUT2D eigenvalue weighted by Gasteiger charge is -2.14. The lowest BCUT2D eigenvalue weighted by atomic mass is 10.2. The van der Waals surface area contributed by atoms with Crippen LogP contribution >= 0.6 is 0 Å². The molecule has 0 radical (unpaired) electrons. The Kier molecular flexibility index (Phi) is 3.83. The maximum Gasteiger partial charge on any atom is 0.231 e. The van der Waals surface area contributed by atoms with Crippen LogP contribution in [0.15, 0.2) is 42.6 Å². The first kappa shape index (κ1) is 12.9. The van der Waals surface area contributed by atoms with Gasteiger partial charge in [0.05, 0.1) is 13.6 Å². The van der Waals surface area contributed by atoms with Gasteiger partial charge in [-0.2, -0.15) is 0 Å². The molecule has 1 aromatic heterocycles. The summed E-state index contributed by atoms with van der Waals surface area (Å²) in [5.74, 6) is 1.71. The molecule has 0 amide bonds. The Morgan fingerprint density at radius 1 is 1.15 bits per heavy atom. The number of benzene rings is 1. The molecule has 1 aliphatic heterocycles. The van der Waals surface area contributed by atoms with Crippen molar-refractivity contribution in [2.24, 2.45) is 0 Å². The number of likely N-dealkylation sites (N-methyl/N-ethyl adjacent to an activating group) is 1. The van der Waals surface area contributed by atoms with Crippen LogP contribution in [0.5, 0.6) is 11.5 Å². The average molecular weight is 271 g/mol. The summed E-state index contributed by atoms with van der Waals surface area (Å²) in [5.41, 5.74) is 2.42. The summed E-state index contributed by atoms with van der Waals surface area (Å²) in [6.07, 6.45) is 2.85. The first-order valence-corrected chi connectivity index (χ1v) is 6.91. The number of nitrogens with one attached hydrogen (secondary N) is 1. The normalized spacial score (nSPS) is 14.2. The van der Waals surface area contributed by atoms with E-state index in [2.05, 4.69) is 30.2 Å². The second-order valence-electron chi connectivity index (χ2n) is 5.14. The molecule has 3 rings (SSSR count). The van der Waals surface area contributed by atoms with Crippen molar-refractivity contribution in [3.8, 4) is 11.5 Å². The first-order chi connectivity index (χ1) is 9.81. The molecule has 1 atom stereocenters. The van der Waals surface area contributed by atoms with E-state index in [1.807, 2.05) is 24.4 Å². The van der Waals surface area contributed by atoms with E-state index in [1.54, 1.807) is 0 Å². The van der Waals surface area contributed by atoms with Gasteiger partial charge in [-0.1, -0.05) is 6.07 Å². The van der Waals surface area contributed by atoms with Crippen LogP contribution in [0.1, 0.15) is 11.3 Å². The monoisotopic (exact) mass is 271 g/mol. The quantitative estimate of drug-likeness (QED) is 0.883. The molecule has 0 bridgehead atoms. The summed E-state index contributed by atoms with van der Waals surface area (Å²) in [7, 11) is 2.20. The highest BCUT2D eigenvalue weighted by Crippen LogP contribution is 2.32. The Labute approximate surface area is 119 Å². The summed E-state index contributed by atoms with van der Waals surface area (Å²) in [5, 5.41) is 0. The van der Waals surface area contributed by atoms with Crippen molar-refractivity contribution < 1.29 is 14.4 Å². The third-order valence-corrected chi connectivity index (χ3v) is 3.48. The van der Waals surface area contributed by atoms with Crippen LogP contribution in [0.3, 0.4) is 0 Å². The fourth-order valence-electron chi connectivity index (χ4n) is 2.38. The number of hydrogen-bond donors (Lipinski definition) is 1. The minimum absolute atomic E-state index is 0.334. The molecule has 0 saturated carbocycles. The van der Waals surface area contributed by atoms with Gasteiger partial charge >= 0.3 is 0 Å². The van der Waals surface area contributed by atoms with Crippen LogP contribution in [0.25, 0.3) is 0 Å². The molecule has 2 aromatic rings. The van der Waals surface area contributed by atoms with Gasteiger partial charge in [0.25, 0.3) is 0 Å². The van der Waals surface area contributed by atoms with E-state index >= 15 is 0 Å². The number of pyridine rings is 1. The van der Waals surface area contributed by atoms with E-state index in [1.165, 1.54) is 10.5 Å². The van der Waals surface area contributed by atoms with Gasteiger partial charge in [0.2, 0.25) is 6.79 Å². The molecule has 4 heteroatoms. The van der Waals surface area contributed by atoms with E-state index in [0.717, 1.165) is 36.7 Å². The van der Waals surface area contributed by atoms with E-state index in [-0.39, 0.29) is 0 Å². The standard InChI is InChI=1S/C16H18N2O2/c1-18(9-7-14-4-2-3-8-17-14)11-13-5-6-15-16(10-13)20-12-19-15/h2-6,8,10H,7,9,11-12H2,1H3/p+1. The highest BCUT2D eigenvalue weighted by atomic mass is 16.7. The topological polar surface area (TPSA) is 35.8 Å². The summed E-state index contributed by atoms with van der Waals surface area (Å²) in [4.78, 5) is 5.81. The molecule has 1 aliphatic rings. The molecule has 20 heavy (non-hydrogen) atoms. The molecule has 1 aromatic carbocycles. The van der Waals surface area contributed by atoms with Crippen LogP contribution in [-0.2, 0) is 13.0 Å². The second-order valence-corrected chi connectivity index (χ2v) is 5.14. The summed E-state index contributed by atoms with van der Waals surface area (Å²) >= 11 is 0. The molecular weight excluding hydrogens is 252 g/mol. The second kappa shape index (κ2) is 5.92. The molecular formula is C16H19N2O2+. The van der Waals surface area contributed by atoms with Crippen LogP contribution in [0.2, 0.25) is 0 Å². The number of aromatic nitrogens is 1. The van der Waals surface area contributed by atoms with Crippen molar-refractivity contribution in [2.75, 3.05) is 20.4 Å². The van der Waals surface area contributed by atoms with Crippen LogP contribution in [0, 0.1) is 0 Å². The minimum atomic E-state index is 0.334. The lowest BCUT2D eigenvalue weighted by molar-refractivity contribution is -0.893. The molecule has 2 heterocycles. The largest absolute Gasteiger partial charge is 0.454 e. The smallest absolute Gasteiger partial charge is 0.231 e. The van der Waals surface area contributed by atoms with Crippen LogP contribution in [-0.4, -0.2) is 25.4 Å². The number of rotatable bonds is 5. The Bertz CT molecular complexity index is 572. The van der Waals surface area contributed by atoms with E-state index < -0.39 is 0 Å². The molecule has 104 valence electrons. The SMILES string of the molecule is C[NH+](CCc1ccccn1)Cc1ccc2c(c1)OCO2. The molecule has 0 spiro atoms. The minimum Gasteiger partial charge on any atom is -0.454 e. The van der Waals surface area contributed by atoms with Gasteiger partial charge in [-0.3, -0.25) is 4.98 Å². The highest BCUT2D eigenvalue weighted by molar-refractivity contribution is 5.44. The van der Waals surface area contributed by atoms with Crippen molar-refractivity contribution in [3.05, 3.63) is 53.9 Å². The number of quaternary nitrogens is 1. The van der Waals surface area contributed by atoms with E-state index in [9.17, 15) is 0 Å². The third kappa shape index (κ3) is 3.08. The predicted molar refractivity (Wildman–Crippen MR) is 76.0 cm³/mol. The molecule has 1 N–H and O–H groups in total. The number of fused-ring (bicyclic) bond motifs is 1. The van der Waals surface area contributed by atoms with E-state index in [4.69, 9.17) is 9.47 Å². The van der Waals surface area contributed by atoms with Gasteiger partial charge in [-0.05, 0) is 30.3 Å². The molecule has 0 saturated heterocycles. The van der Waals surface area contributed by atoms with Gasteiger partial charge in [0, 0.05) is 23.9 Å². The number of nitrogens with zero attached hydrogens (tertiary/aromatic N) is 1. The van der Waals surface area contributed by atoms with Crippen molar-refractivity contribution in [2.45, 2.75) is 13.0 Å². The Morgan fingerprint density at radius 3 is 2.90 bits per heavy atom. The van der Waals surface area contributed by atoms with Gasteiger partial charge in [-0.15, -0.1) is 0 Å². The van der Waals surface area contributed by atoms with Crippen molar-refractivity contribution in [3.63, 3.8) is 0 Å². The molecule has 1 unspecified atom stereocenters. The summed E-state index contributed by atoms with van der Waals surface area (Å²) in [6, 6.07) is 12.2. The zero-order chi connectivity index (χ0) is 13.8. The Hall–Kier alpha value is -2.07. The maximum atomic E-state index is 5.41. The van der Waals surface area contributed by atoms with Crippen molar-refractivity contribution >= 4 is 0 Å². The van der Waals surface area contributed by atoms with Crippen molar-refractivity contribution in [1.82, 2.24) is 4.98 Å². The summed E-state index contributed by atoms with van der Waals surface area (Å²) < 4.78 is 10.7. The molecule has 0 aliphatic carbocycles. The average Bonchev–Trinajstić information content (AvgIpc) is 2.94. The predicted octanol–water partition coefficient (Wildman–Crippen LogP) is 1.07. The lowest BCUT2D eigenvalue weighted by Crippen LogP contribution is -3.07. The van der Waals surface area contributed by atoms with E-state index in [0.29, 0.717) is 6.79 Å². The Morgan fingerprint density at radius 2 is 2.05 bits per heavy atom. The number of ether oxygens (including phenoxy) is 2. The zero-order valence-corrected chi connectivity index (χ0v) is 11.6. The third-order valence-electron chi connectivity index (χ3n) is 3.48. The highest BCUT2D eigenvalue weighted by Gasteiger charge is 2.14. The first-order valence-electron chi connectivity index (χ1n) is 6.91. The van der Waals surface area contributed by atoms with Crippen molar-refractivity contribution in [1.29, 1.82) is 0 Å². The molecule has 4 nitrogen and oxygen atoms in total.